The molecule has 576 valence electrons. The first kappa shape index (κ1) is 81.6. The number of ketones is 4. The molecule has 2 aromatic heterocycles. The van der Waals surface area contributed by atoms with Gasteiger partial charge in [-0.2, -0.15) is 18.3 Å². The van der Waals surface area contributed by atoms with Crippen LogP contribution in [-0.2, 0) is 4.74 Å². The Morgan fingerprint density at radius 1 is 0.541 bits per heavy atom. The van der Waals surface area contributed by atoms with Gasteiger partial charge in [0.25, 0.3) is 5.91 Å². The molecule has 0 saturated carbocycles. The molecule has 0 bridgehead atoms. The summed E-state index contributed by atoms with van der Waals surface area (Å²) in [5, 5.41) is 23.6. The van der Waals surface area contributed by atoms with E-state index in [4.69, 9.17) is 10.5 Å². The number of benzene rings is 7. The Balaban J connectivity index is 0.000000155. The smallest absolute Gasteiger partial charge is 0.430 e. The number of nitrogens with one attached hydrogen (secondary N) is 4. The number of carbonyl (C=O) groups excluding carboxylic acids is 6. The van der Waals surface area contributed by atoms with Crippen molar-refractivity contribution in [3.63, 3.8) is 0 Å². The number of hydrogen-bond donors (Lipinski definition) is 5. The first-order chi connectivity index (χ1) is 52.8. The quantitative estimate of drug-likeness (QED) is 0.0238. The summed E-state index contributed by atoms with van der Waals surface area (Å²) in [6.45, 7) is 20.8. The van der Waals surface area contributed by atoms with Crippen LogP contribution in [-0.4, -0.2) is 174 Å². The number of likely N-dealkylation sites (tertiary alicyclic amines) is 4. The van der Waals surface area contributed by atoms with E-state index in [1.807, 2.05) is 166 Å². The third-order valence-electron chi connectivity index (χ3n) is 20.9. The van der Waals surface area contributed by atoms with E-state index < -0.39 is 17.8 Å². The van der Waals surface area contributed by atoms with Crippen LogP contribution in [0.1, 0.15) is 174 Å². The molecule has 0 spiro atoms. The zero-order chi connectivity index (χ0) is 77.1. The molecule has 4 saturated heterocycles. The van der Waals surface area contributed by atoms with Crippen molar-refractivity contribution >= 4 is 79.0 Å². The van der Waals surface area contributed by atoms with E-state index in [-0.39, 0.29) is 40.8 Å². The minimum Gasteiger partial charge on any atom is -0.450 e. The van der Waals surface area contributed by atoms with Gasteiger partial charge in [0, 0.05) is 123 Å². The molecule has 4 aliphatic rings. The molecule has 0 atom stereocenters. The molecule has 2 amide bonds. The number of pyridine rings is 1. The van der Waals surface area contributed by atoms with Crippen molar-refractivity contribution in [2.75, 3.05) is 104 Å². The van der Waals surface area contributed by atoms with Gasteiger partial charge < -0.3 is 46.0 Å². The largest absolute Gasteiger partial charge is 0.450 e. The number of ether oxygens (including phenoxy) is 1. The fraction of sp³-hybridized carbons (Fsp3) is 0.409. The predicted octanol–water partition coefficient (Wildman–Crippen LogP) is 17.1. The fourth-order valence-electron chi connectivity index (χ4n) is 14.5. The lowest BCUT2D eigenvalue weighted by Gasteiger charge is -2.35. The maximum atomic E-state index is 12.7. The highest BCUT2D eigenvalue weighted by atomic mass is 19.4. The molecule has 4 aliphatic heterocycles. The number of nitrogens with two attached hydrogens (primary N) is 1. The van der Waals surface area contributed by atoms with Crippen molar-refractivity contribution in [1.29, 1.82) is 0 Å². The van der Waals surface area contributed by atoms with Gasteiger partial charge in [0.15, 0.2) is 28.8 Å². The number of amides is 2. The number of hydrogen-bond acceptors (Lipinski definition) is 15. The van der Waals surface area contributed by atoms with Crippen LogP contribution in [0.3, 0.4) is 0 Å². The molecule has 0 radical (unpaired) electrons. The van der Waals surface area contributed by atoms with Crippen LogP contribution in [0.4, 0.5) is 29.5 Å². The number of fused-ring (bicyclic) bond motifs is 3. The highest BCUT2D eigenvalue weighted by Gasteiger charge is 2.37. The monoisotopic (exact) mass is 1490 g/mol. The van der Waals surface area contributed by atoms with E-state index in [1.165, 1.54) is 43.4 Å². The molecular weight excluding hydrogens is 1380 g/mol. The minimum atomic E-state index is -4.35. The van der Waals surface area contributed by atoms with E-state index in [0.717, 1.165) is 150 Å². The maximum Gasteiger partial charge on any atom is 0.430 e. The zero-order valence-electron chi connectivity index (χ0n) is 63.4. The lowest BCUT2D eigenvalue weighted by atomic mass is 9.95. The first-order valence-electron chi connectivity index (χ1n) is 38.9. The molecule has 9 aromatic rings. The number of allylic oxidation sites excluding steroid dienone is 1. The van der Waals surface area contributed by atoms with Crippen LogP contribution in [0.5, 0.6) is 0 Å². The van der Waals surface area contributed by atoms with Gasteiger partial charge in [0.1, 0.15) is 11.5 Å². The first-order valence-corrected chi connectivity index (χ1v) is 38.9. The number of aromatic nitrogens is 3. The van der Waals surface area contributed by atoms with Crippen LogP contribution in [0.15, 0.2) is 182 Å². The second-order valence-corrected chi connectivity index (χ2v) is 29.1. The molecule has 13 rings (SSSR count). The van der Waals surface area contributed by atoms with Crippen LogP contribution in [0, 0.1) is 11.8 Å². The van der Waals surface area contributed by atoms with Crippen LogP contribution < -0.4 is 21.7 Å². The Labute approximate surface area is 638 Å². The molecule has 7 aromatic carbocycles. The lowest BCUT2D eigenvalue weighted by Crippen LogP contribution is -2.41. The van der Waals surface area contributed by atoms with Crippen molar-refractivity contribution < 1.29 is 46.7 Å². The van der Waals surface area contributed by atoms with Crippen molar-refractivity contribution in [1.82, 2.24) is 45.4 Å². The molecule has 6 N–H and O–H groups in total. The molecule has 21 heteroatoms. The number of primary amides is 1. The minimum absolute atomic E-state index is 0.0922. The van der Waals surface area contributed by atoms with Gasteiger partial charge in [0.05, 0.1) is 6.61 Å². The Morgan fingerprint density at radius 2 is 0.982 bits per heavy atom. The van der Waals surface area contributed by atoms with Gasteiger partial charge >= 0.3 is 12.3 Å². The third kappa shape index (κ3) is 24.5. The van der Waals surface area contributed by atoms with E-state index in [2.05, 4.69) is 65.7 Å². The van der Waals surface area contributed by atoms with E-state index in [9.17, 15) is 41.9 Å². The van der Waals surface area contributed by atoms with Gasteiger partial charge in [-0.1, -0.05) is 155 Å². The van der Waals surface area contributed by atoms with Crippen molar-refractivity contribution in [3.05, 3.63) is 216 Å². The summed E-state index contributed by atoms with van der Waals surface area (Å²) in [6.07, 6.45) is 10.2. The third-order valence-corrected chi connectivity index (χ3v) is 20.9. The Hall–Kier alpha value is -9.93. The van der Waals surface area contributed by atoms with Crippen LogP contribution in [0.2, 0.25) is 0 Å². The fourth-order valence-corrected chi connectivity index (χ4v) is 14.5. The number of piperidine rings is 4. The summed E-state index contributed by atoms with van der Waals surface area (Å²) in [6, 6.07) is 53.0. The average molecular weight is 1490 g/mol. The number of anilines is 2. The molecule has 6 heterocycles. The lowest BCUT2D eigenvalue weighted by molar-refractivity contribution is -0.113. The normalized spacial score (nSPS) is 15.3. The highest BCUT2D eigenvalue weighted by Crippen LogP contribution is 2.33. The number of rotatable bonds is 27. The Kier molecular flexibility index (Phi) is 30.7. The standard InChI is InChI=1S/C23H25N3O.C22H25F3N2O.C22H28N2O3.C21H28N4O2/c27-22(11-15-26-13-4-1-5-14-26)20-8-7-19-17-21(10-9-18(19)16-20)25-23-6-2-3-12-24-23;1-16(22(23,24)25)27-12-9-17(10-13-27)15-26-11-8-21(28)20-7-6-18-4-2-3-5-19(18)14-20;1-2-27-22(26)24-13-10-17(11-14-24)16-23-12-9-21(25)20-8-7-18-5-3-4-6-19(18)15-20;1-14(2)19-18(20(21(22)27)24-23-19)16-8-6-15(7-9-16)17(26)10-13-25-11-4-3-5-12-25/h2-3,6-10,12,16-17H,1,4-5,11,13-15H2,(H,24,25);2-7,14,17,26H,1,8-13,15H2;3-8,15,17,23H,2,9-14,16H2,1H3;6-9,14H,3-5,10-13H2,1-2H3,(H2,22,27)(H,23,24). The summed E-state index contributed by atoms with van der Waals surface area (Å²) >= 11 is 0. The zero-order valence-corrected chi connectivity index (χ0v) is 63.4. The Bertz CT molecular complexity index is 4480. The summed E-state index contributed by atoms with van der Waals surface area (Å²) < 4.78 is 43.1. The molecule has 0 aliphatic carbocycles. The van der Waals surface area contributed by atoms with Gasteiger partial charge in [-0.05, 0) is 196 Å². The molecular formula is C88H106F3N11O7. The summed E-state index contributed by atoms with van der Waals surface area (Å²) in [4.78, 5) is 85.5. The van der Waals surface area contributed by atoms with Gasteiger partial charge in [-0.3, -0.25) is 29.1 Å². The number of carbonyl (C=O) groups is 6. The molecule has 109 heavy (non-hydrogen) atoms. The Morgan fingerprint density at radius 3 is 1.46 bits per heavy atom. The van der Waals surface area contributed by atoms with Crippen LogP contribution >= 0.6 is 0 Å². The van der Waals surface area contributed by atoms with Crippen molar-refractivity contribution in [3.8, 4) is 11.1 Å². The molecule has 18 nitrogen and oxygen atoms in total. The van der Waals surface area contributed by atoms with E-state index in [0.29, 0.717) is 94.3 Å². The average Bonchev–Trinajstić information content (AvgIpc) is 1.67. The summed E-state index contributed by atoms with van der Waals surface area (Å²) in [5.41, 5.74) is 11.4. The number of Topliss-reactive ketones (excluding diaryl/α,β-unsaturated/α-hetero) is 4. The van der Waals surface area contributed by atoms with Crippen molar-refractivity contribution in [2.24, 2.45) is 17.6 Å². The second-order valence-electron chi connectivity index (χ2n) is 29.1. The number of alkyl halides is 3. The summed E-state index contributed by atoms with van der Waals surface area (Å²) in [7, 11) is 0. The van der Waals surface area contributed by atoms with Gasteiger partial charge in [-0.25, -0.2) is 9.78 Å². The molecule has 4 fully saturated rings. The van der Waals surface area contributed by atoms with Gasteiger partial charge in [-0.15, -0.1) is 0 Å². The summed E-state index contributed by atoms with van der Waals surface area (Å²) in [5.74, 6) is 1.96. The SMILES string of the molecule is C=C(N1CCC(CNCCC(=O)c2ccc3ccccc3c2)CC1)C(F)(F)F.CC(C)c1[nH]nc(C(N)=O)c1-c1ccc(C(=O)CCN2CCCCC2)cc1.CCOC(=O)N1CCC(CNCCC(=O)c2ccc3ccccc3c2)CC1.O=C(CCN1CCCCC1)c1ccc2cc(Nc3ccccn3)ccc2c1. The second kappa shape index (κ2) is 41.0. The number of aromatic amines is 1. The highest BCUT2D eigenvalue weighted by molar-refractivity contribution is 6.03. The predicted molar refractivity (Wildman–Crippen MR) is 429 cm³/mol. The topological polar surface area (TPSA) is 228 Å². The molecule has 0 unspecified atom stereocenters. The van der Waals surface area contributed by atoms with Crippen molar-refractivity contribution in [2.45, 2.75) is 123 Å². The number of H-pyrrole nitrogens is 1. The van der Waals surface area contributed by atoms with Crippen LogP contribution in [0.25, 0.3) is 43.4 Å². The number of halogens is 3. The number of nitrogens with zero attached hydrogens (tertiary/aromatic N) is 6. The van der Waals surface area contributed by atoms with E-state index in [1.54, 1.807) is 11.1 Å². The van der Waals surface area contributed by atoms with Gasteiger partial charge in [0.2, 0.25) is 0 Å². The maximum absolute atomic E-state index is 12.7. The van der Waals surface area contributed by atoms with E-state index >= 15 is 0 Å².